The normalized spacial score (nSPS) is 16.3. The number of phosphoric ester groups is 1. The lowest BCUT2D eigenvalue weighted by molar-refractivity contribution is 0.0614. The average Bonchev–Trinajstić information content (AvgIpc) is 1.99. The molecule has 0 spiro atoms. The van der Waals surface area contributed by atoms with Crippen molar-refractivity contribution in [2.75, 3.05) is 26.4 Å². The lowest BCUT2D eigenvalue weighted by atomic mass is 10.7. The Morgan fingerprint density at radius 2 is 1.60 bits per heavy atom. The van der Waals surface area contributed by atoms with Crippen LogP contribution in [-0.2, 0) is 22.7 Å². The molecule has 0 fully saturated rings. The van der Waals surface area contributed by atoms with Gasteiger partial charge in [0.25, 0.3) is 0 Å². The van der Waals surface area contributed by atoms with Crippen LogP contribution in [-0.4, -0.2) is 46.2 Å². The molecule has 0 saturated carbocycles. The van der Waals surface area contributed by atoms with Gasteiger partial charge in [0.2, 0.25) is 0 Å². The highest BCUT2D eigenvalue weighted by atomic mass is 31.3. The Kier molecular flexibility index (Phi) is 6.78. The number of aliphatic hydroxyl groups is 1. The summed E-state index contributed by atoms with van der Waals surface area (Å²) in [5.74, 6) is 0. The first kappa shape index (κ1) is 15.2. The summed E-state index contributed by atoms with van der Waals surface area (Å²) in [6.07, 6.45) is 0. The van der Waals surface area contributed by atoms with E-state index in [0.29, 0.717) is 0 Å². The molecule has 0 aromatic carbocycles. The van der Waals surface area contributed by atoms with Gasteiger partial charge in [-0.3, -0.25) is 4.52 Å². The lowest BCUT2D eigenvalue weighted by Crippen LogP contribution is -2.06. The van der Waals surface area contributed by atoms with Gasteiger partial charge in [0.15, 0.2) is 0 Å². The minimum absolute atomic E-state index is 0.0262. The van der Waals surface area contributed by atoms with Crippen LogP contribution in [0.4, 0.5) is 0 Å². The SMILES string of the molecule is O=P(O)(O)OP(=O)(O)OCCOCCO. The first-order valence-electron chi connectivity index (χ1n) is 3.70. The Hall–Kier alpha value is 0.180. The molecule has 0 aromatic heterocycles. The fourth-order valence-electron chi connectivity index (χ4n) is 0.536. The maximum absolute atomic E-state index is 10.8. The van der Waals surface area contributed by atoms with Crippen LogP contribution in [0.5, 0.6) is 0 Å². The third-order valence-electron chi connectivity index (χ3n) is 0.927. The molecular weight excluding hydrogens is 254 g/mol. The Morgan fingerprint density at radius 1 is 1.00 bits per heavy atom. The van der Waals surface area contributed by atoms with Crippen molar-refractivity contribution in [2.45, 2.75) is 0 Å². The molecule has 0 radical (unpaired) electrons. The van der Waals surface area contributed by atoms with E-state index < -0.39 is 22.3 Å². The Bertz CT molecular complexity index is 259. The van der Waals surface area contributed by atoms with E-state index in [0.717, 1.165) is 0 Å². The fourth-order valence-corrected chi connectivity index (χ4v) is 2.11. The predicted octanol–water partition coefficient (Wildman–Crippen LogP) is -0.778. The maximum atomic E-state index is 10.8. The van der Waals surface area contributed by atoms with Gasteiger partial charge in [-0.15, -0.1) is 0 Å². The van der Waals surface area contributed by atoms with Crippen LogP contribution in [0.3, 0.4) is 0 Å². The molecule has 0 aliphatic heterocycles. The summed E-state index contributed by atoms with van der Waals surface area (Å²) in [7, 11) is -9.84. The van der Waals surface area contributed by atoms with Crippen LogP contribution in [0.15, 0.2) is 0 Å². The van der Waals surface area contributed by atoms with Crippen LogP contribution < -0.4 is 0 Å². The minimum Gasteiger partial charge on any atom is -0.394 e. The summed E-state index contributed by atoms with van der Waals surface area (Å²) in [6, 6.07) is 0. The summed E-state index contributed by atoms with van der Waals surface area (Å²) in [4.78, 5) is 25.1. The molecule has 1 atom stereocenters. The summed E-state index contributed by atoms with van der Waals surface area (Å²) in [6.45, 7) is -0.697. The highest BCUT2D eigenvalue weighted by Crippen LogP contribution is 2.57. The zero-order valence-electron chi connectivity index (χ0n) is 7.55. The fraction of sp³-hybridized carbons (Fsp3) is 1.00. The minimum atomic E-state index is -5.07. The number of rotatable bonds is 8. The molecule has 0 aromatic rings. The van der Waals surface area contributed by atoms with Gasteiger partial charge in [-0.05, 0) is 0 Å². The van der Waals surface area contributed by atoms with Crippen molar-refractivity contribution in [3.63, 3.8) is 0 Å². The van der Waals surface area contributed by atoms with Crippen molar-refractivity contribution >= 4 is 15.6 Å². The summed E-state index contributed by atoms with van der Waals surface area (Å²) in [5, 5.41) is 8.28. The van der Waals surface area contributed by atoms with Gasteiger partial charge < -0.3 is 24.5 Å². The molecule has 1 unspecified atom stereocenters. The summed E-state index contributed by atoms with van der Waals surface area (Å²) >= 11 is 0. The lowest BCUT2D eigenvalue weighted by Gasteiger charge is -2.12. The molecular formula is C4H12O9P2. The van der Waals surface area contributed by atoms with E-state index in [1.165, 1.54) is 0 Å². The second-order valence-electron chi connectivity index (χ2n) is 2.21. The van der Waals surface area contributed by atoms with E-state index >= 15 is 0 Å². The van der Waals surface area contributed by atoms with Crippen molar-refractivity contribution in [2.24, 2.45) is 0 Å². The molecule has 0 bridgehead atoms. The molecule has 0 saturated heterocycles. The van der Waals surface area contributed by atoms with Gasteiger partial charge in [-0.1, -0.05) is 0 Å². The average molecular weight is 266 g/mol. The second-order valence-corrected chi connectivity index (χ2v) is 5.04. The van der Waals surface area contributed by atoms with E-state index in [1.807, 2.05) is 0 Å². The topological polar surface area (TPSA) is 143 Å². The van der Waals surface area contributed by atoms with Gasteiger partial charge in [0.05, 0.1) is 26.4 Å². The highest BCUT2D eigenvalue weighted by Gasteiger charge is 2.31. The van der Waals surface area contributed by atoms with Crippen molar-refractivity contribution in [3.8, 4) is 0 Å². The molecule has 0 heterocycles. The Balaban J connectivity index is 3.75. The zero-order valence-corrected chi connectivity index (χ0v) is 9.34. The largest absolute Gasteiger partial charge is 0.481 e. The van der Waals surface area contributed by atoms with Crippen LogP contribution in [0, 0.1) is 0 Å². The van der Waals surface area contributed by atoms with E-state index in [-0.39, 0.29) is 19.8 Å². The summed E-state index contributed by atoms with van der Waals surface area (Å²) < 4.78 is 33.2. The number of hydrogen-bond donors (Lipinski definition) is 4. The molecule has 4 N–H and O–H groups in total. The molecule has 0 aliphatic rings. The molecule has 0 amide bonds. The Labute approximate surface area is 85.5 Å². The molecule has 92 valence electrons. The highest BCUT2D eigenvalue weighted by molar-refractivity contribution is 7.60. The van der Waals surface area contributed by atoms with Crippen molar-refractivity contribution in [3.05, 3.63) is 0 Å². The number of ether oxygens (including phenoxy) is 1. The van der Waals surface area contributed by atoms with Gasteiger partial charge in [-0.2, -0.15) is 4.31 Å². The van der Waals surface area contributed by atoms with E-state index in [9.17, 15) is 9.13 Å². The summed E-state index contributed by atoms with van der Waals surface area (Å²) in [5.41, 5.74) is 0. The van der Waals surface area contributed by atoms with E-state index in [2.05, 4.69) is 13.6 Å². The third kappa shape index (κ3) is 10.5. The maximum Gasteiger partial charge on any atom is 0.481 e. The monoisotopic (exact) mass is 266 g/mol. The van der Waals surface area contributed by atoms with Crippen LogP contribution >= 0.6 is 15.6 Å². The van der Waals surface area contributed by atoms with Crippen LogP contribution in [0.2, 0.25) is 0 Å². The van der Waals surface area contributed by atoms with Gasteiger partial charge >= 0.3 is 15.6 Å². The Morgan fingerprint density at radius 3 is 2.07 bits per heavy atom. The number of phosphoric acid groups is 2. The van der Waals surface area contributed by atoms with Crippen LogP contribution in [0.25, 0.3) is 0 Å². The molecule has 11 heteroatoms. The molecule has 15 heavy (non-hydrogen) atoms. The molecule has 0 aliphatic carbocycles. The first-order chi connectivity index (χ1) is 6.77. The van der Waals surface area contributed by atoms with Crippen molar-refractivity contribution < 1.29 is 42.5 Å². The molecule has 9 nitrogen and oxygen atoms in total. The second kappa shape index (κ2) is 6.70. The first-order valence-corrected chi connectivity index (χ1v) is 6.72. The quantitative estimate of drug-likeness (QED) is 0.328. The van der Waals surface area contributed by atoms with Gasteiger partial charge in [0, 0.05) is 0 Å². The zero-order chi connectivity index (χ0) is 11.9. The smallest absolute Gasteiger partial charge is 0.394 e. The predicted molar refractivity (Wildman–Crippen MR) is 46.8 cm³/mol. The van der Waals surface area contributed by atoms with E-state index in [1.54, 1.807) is 0 Å². The van der Waals surface area contributed by atoms with Crippen LogP contribution in [0.1, 0.15) is 0 Å². The molecule has 0 rings (SSSR count). The standard InChI is InChI=1S/C4H12O9P2/c5-1-2-11-3-4-12-15(9,10)13-14(6,7)8/h5H,1-4H2,(H,9,10)(H2,6,7,8). The number of aliphatic hydroxyl groups excluding tert-OH is 1. The van der Waals surface area contributed by atoms with Gasteiger partial charge in [0.1, 0.15) is 0 Å². The third-order valence-corrected chi connectivity index (χ3v) is 3.11. The van der Waals surface area contributed by atoms with Gasteiger partial charge in [-0.25, -0.2) is 9.13 Å². The van der Waals surface area contributed by atoms with Crippen molar-refractivity contribution in [1.29, 1.82) is 0 Å². The van der Waals surface area contributed by atoms with E-state index in [4.69, 9.17) is 19.8 Å². The van der Waals surface area contributed by atoms with Crippen molar-refractivity contribution in [1.82, 2.24) is 0 Å². The number of hydrogen-bond acceptors (Lipinski definition) is 6.